The van der Waals surface area contributed by atoms with E-state index in [1.54, 1.807) is 0 Å². The third kappa shape index (κ3) is 3.67. The van der Waals surface area contributed by atoms with Gasteiger partial charge in [0.05, 0.1) is 23.7 Å². The number of pyridine rings is 1. The molecule has 19 heavy (non-hydrogen) atoms. The first-order chi connectivity index (χ1) is 9.24. The molecule has 106 valence electrons. The Labute approximate surface area is 116 Å². The number of anilines is 1. The summed E-state index contributed by atoms with van der Waals surface area (Å²) in [5.41, 5.74) is 1.94. The summed E-state index contributed by atoms with van der Waals surface area (Å²) in [6, 6.07) is 4.03. The molecular weight excluding hydrogens is 238 g/mol. The van der Waals surface area contributed by atoms with Crippen molar-refractivity contribution in [3.05, 3.63) is 24.0 Å². The molecule has 0 spiro atoms. The van der Waals surface area contributed by atoms with E-state index in [1.807, 2.05) is 19.2 Å². The largest absolute Gasteiger partial charge is 0.387 e. The highest BCUT2D eigenvalue weighted by molar-refractivity contribution is 5.45. The Hall–Kier alpha value is -1.13. The van der Waals surface area contributed by atoms with Gasteiger partial charge in [0, 0.05) is 26.2 Å². The molecule has 1 atom stereocenters. The van der Waals surface area contributed by atoms with E-state index in [4.69, 9.17) is 0 Å². The smallest absolute Gasteiger partial charge is 0.0957 e. The normalized spacial score (nSPS) is 18.6. The van der Waals surface area contributed by atoms with E-state index < -0.39 is 6.10 Å². The van der Waals surface area contributed by atoms with Crippen molar-refractivity contribution in [1.82, 2.24) is 9.88 Å². The van der Waals surface area contributed by atoms with Crippen molar-refractivity contribution in [2.75, 3.05) is 37.6 Å². The van der Waals surface area contributed by atoms with E-state index >= 15 is 0 Å². The summed E-state index contributed by atoms with van der Waals surface area (Å²) in [6.07, 6.45) is 3.40. The lowest BCUT2D eigenvalue weighted by Gasteiger charge is -2.35. The lowest BCUT2D eigenvalue weighted by atomic mass is 10.2. The zero-order chi connectivity index (χ0) is 13.7. The highest BCUT2D eigenvalue weighted by atomic mass is 16.3. The number of aliphatic hydroxyl groups excluding tert-OH is 1. The van der Waals surface area contributed by atoms with Gasteiger partial charge in [-0.1, -0.05) is 13.8 Å². The van der Waals surface area contributed by atoms with Gasteiger partial charge in [0.25, 0.3) is 0 Å². The summed E-state index contributed by atoms with van der Waals surface area (Å²) in [5.74, 6) is 0. The zero-order valence-corrected chi connectivity index (χ0v) is 12.0. The Balaban J connectivity index is 1.92. The van der Waals surface area contributed by atoms with Crippen molar-refractivity contribution in [2.24, 2.45) is 0 Å². The number of rotatable bonds is 5. The standard InChI is InChI=1S/C15H25N3O/c1-3-7-17-8-10-18(11-9-17)13-5-6-14(16-12-13)15(19)4-2/h5-6,12,15,19H,3-4,7-11H2,1-2H3/t15-/m0/s1. The van der Waals surface area contributed by atoms with Gasteiger partial charge in [-0.3, -0.25) is 9.88 Å². The van der Waals surface area contributed by atoms with E-state index in [9.17, 15) is 5.11 Å². The van der Waals surface area contributed by atoms with Crippen molar-refractivity contribution in [1.29, 1.82) is 0 Å². The van der Waals surface area contributed by atoms with E-state index in [-0.39, 0.29) is 0 Å². The quantitative estimate of drug-likeness (QED) is 0.882. The Morgan fingerprint density at radius 2 is 1.95 bits per heavy atom. The minimum atomic E-state index is -0.435. The van der Waals surface area contributed by atoms with Gasteiger partial charge < -0.3 is 10.0 Å². The minimum Gasteiger partial charge on any atom is -0.387 e. The maximum atomic E-state index is 9.74. The van der Waals surface area contributed by atoms with Crippen LogP contribution in [0.25, 0.3) is 0 Å². The van der Waals surface area contributed by atoms with Gasteiger partial charge in [-0.25, -0.2) is 0 Å². The molecule has 0 aromatic carbocycles. The number of aromatic nitrogens is 1. The van der Waals surface area contributed by atoms with E-state index in [1.165, 1.54) is 18.7 Å². The van der Waals surface area contributed by atoms with Crippen molar-refractivity contribution in [3.8, 4) is 0 Å². The number of hydrogen-bond acceptors (Lipinski definition) is 4. The molecule has 0 bridgehead atoms. The van der Waals surface area contributed by atoms with Gasteiger partial charge in [-0.15, -0.1) is 0 Å². The molecule has 1 aromatic rings. The molecule has 1 aromatic heterocycles. The van der Waals surface area contributed by atoms with Gasteiger partial charge in [-0.2, -0.15) is 0 Å². The van der Waals surface area contributed by atoms with Crippen LogP contribution in [0.1, 0.15) is 38.5 Å². The fraction of sp³-hybridized carbons (Fsp3) is 0.667. The maximum Gasteiger partial charge on any atom is 0.0957 e. The number of hydrogen-bond donors (Lipinski definition) is 1. The molecular formula is C15H25N3O. The lowest BCUT2D eigenvalue weighted by Crippen LogP contribution is -2.46. The van der Waals surface area contributed by atoms with Crippen LogP contribution in [0.4, 0.5) is 5.69 Å². The monoisotopic (exact) mass is 263 g/mol. The predicted molar refractivity (Wildman–Crippen MR) is 78.4 cm³/mol. The lowest BCUT2D eigenvalue weighted by molar-refractivity contribution is 0.169. The Kier molecular flexibility index (Phi) is 5.16. The first-order valence-corrected chi connectivity index (χ1v) is 7.36. The fourth-order valence-electron chi connectivity index (χ4n) is 2.54. The van der Waals surface area contributed by atoms with Crippen molar-refractivity contribution in [2.45, 2.75) is 32.8 Å². The van der Waals surface area contributed by atoms with E-state index in [0.29, 0.717) is 6.42 Å². The second-order valence-electron chi connectivity index (χ2n) is 5.19. The van der Waals surface area contributed by atoms with Gasteiger partial charge in [-0.05, 0) is 31.5 Å². The first-order valence-electron chi connectivity index (χ1n) is 7.36. The van der Waals surface area contributed by atoms with Crippen LogP contribution in [0, 0.1) is 0 Å². The molecule has 1 aliphatic rings. The number of nitrogens with zero attached hydrogens (tertiary/aromatic N) is 3. The summed E-state index contributed by atoms with van der Waals surface area (Å²) in [4.78, 5) is 9.26. The number of piperazine rings is 1. The van der Waals surface area contributed by atoms with Gasteiger partial charge in [0.1, 0.15) is 0 Å². The summed E-state index contributed by atoms with van der Waals surface area (Å²) in [6.45, 7) is 9.80. The van der Waals surface area contributed by atoms with Crippen LogP contribution < -0.4 is 4.90 Å². The van der Waals surface area contributed by atoms with Crippen LogP contribution in [0.2, 0.25) is 0 Å². The third-order valence-electron chi connectivity index (χ3n) is 3.78. The van der Waals surface area contributed by atoms with E-state index in [0.717, 1.165) is 31.9 Å². The molecule has 0 aliphatic carbocycles. The van der Waals surface area contributed by atoms with Crippen molar-refractivity contribution >= 4 is 5.69 Å². The molecule has 4 nitrogen and oxygen atoms in total. The van der Waals surface area contributed by atoms with Gasteiger partial charge >= 0.3 is 0 Å². The maximum absolute atomic E-state index is 9.74. The molecule has 1 N–H and O–H groups in total. The predicted octanol–water partition coefficient (Wildman–Crippen LogP) is 2.06. The summed E-state index contributed by atoms with van der Waals surface area (Å²) in [5, 5.41) is 9.74. The van der Waals surface area contributed by atoms with Crippen molar-refractivity contribution < 1.29 is 5.11 Å². The summed E-state index contributed by atoms with van der Waals surface area (Å²) in [7, 11) is 0. The molecule has 1 fully saturated rings. The highest BCUT2D eigenvalue weighted by Crippen LogP contribution is 2.19. The fourth-order valence-corrected chi connectivity index (χ4v) is 2.54. The van der Waals surface area contributed by atoms with Crippen LogP contribution >= 0.6 is 0 Å². The summed E-state index contributed by atoms with van der Waals surface area (Å²) >= 11 is 0. The molecule has 0 radical (unpaired) electrons. The van der Waals surface area contributed by atoms with Crippen LogP contribution in [0.15, 0.2) is 18.3 Å². The summed E-state index contributed by atoms with van der Waals surface area (Å²) < 4.78 is 0. The van der Waals surface area contributed by atoms with Crippen LogP contribution in [-0.2, 0) is 0 Å². The van der Waals surface area contributed by atoms with Crippen LogP contribution in [-0.4, -0.2) is 47.7 Å². The molecule has 0 saturated carbocycles. The second-order valence-corrected chi connectivity index (χ2v) is 5.19. The SMILES string of the molecule is CCCN1CCN(c2ccc([C@@H](O)CC)nc2)CC1. The average Bonchev–Trinajstić information content (AvgIpc) is 2.48. The topological polar surface area (TPSA) is 39.6 Å². The molecule has 0 unspecified atom stereocenters. The average molecular weight is 263 g/mol. The molecule has 1 saturated heterocycles. The minimum absolute atomic E-state index is 0.435. The Morgan fingerprint density at radius 3 is 2.47 bits per heavy atom. The molecule has 1 aliphatic heterocycles. The molecule has 2 rings (SSSR count). The van der Waals surface area contributed by atoms with Gasteiger partial charge in [0.2, 0.25) is 0 Å². The zero-order valence-electron chi connectivity index (χ0n) is 12.0. The highest BCUT2D eigenvalue weighted by Gasteiger charge is 2.17. The van der Waals surface area contributed by atoms with Gasteiger partial charge in [0.15, 0.2) is 0 Å². The number of aliphatic hydroxyl groups is 1. The van der Waals surface area contributed by atoms with Crippen LogP contribution in [0.3, 0.4) is 0 Å². The molecule has 0 amide bonds. The van der Waals surface area contributed by atoms with E-state index in [2.05, 4.69) is 27.8 Å². The second kappa shape index (κ2) is 6.87. The van der Waals surface area contributed by atoms with Crippen molar-refractivity contribution in [3.63, 3.8) is 0 Å². The molecule has 4 heteroatoms. The Bertz CT molecular complexity index is 371. The van der Waals surface area contributed by atoms with Crippen LogP contribution in [0.5, 0.6) is 0 Å². The third-order valence-corrected chi connectivity index (χ3v) is 3.78. The Morgan fingerprint density at radius 1 is 1.21 bits per heavy atom. The molecule has 2 heterocycles. The first kappa shape index (κ1) is 14.3.